The number of carboxylic acids is 1. The first-order chi connectivity index (χ1) is 15.5. The van der Waals surface area contributed by atoms with E-state index < -0.39 is 18.1 Å². The number of rotatable bonds is 8. The molecule has 0 spiro atoms. The number of benzene rings is 1. The molecule has 0 saturated heterocycles. The lowest BCUT2D eigenvalue weighted by molar-refractivity contribution is -0.156. The lowest BCUT2D eigenvalue weighted by Gasteiger charge is -2.11. The van der Waals surface area contributed by atoms with Crippen molar-refractivity contribution >= 4 is 34.8 Å². The Morgan fingerprint density at radius 3 is 2.61 bits per heavy atom. The van der Waals surface area contributed by atoms with E-state index >= 15 is 0 Å². The number of aryl methyl sites for hydroxylation is 1. The zero-order valence-corrected chi connectivity index (χ0v) is 19.9. The van der Waals surface area contributed by atoms with E-state index in [-0.39, 0.29) is 6.42 Å². The predicted molar refractivity (Wildman–Crippen MR) is 128 cm³/mol. The fourth-order valence-corrected chi connectivity index (χ4v) is 4.89. The number of fused-ring (bicyclic) bond motifs is 1. The Kier molecular flexibility index (Phi) is 7.67. The SMILES string of the molecule is C/C=C(\C=C/C(C)C(F)(F)F)C1=NC(C)=C(CSc2cc(C)c3c(c2)CC(CC(=O)O)=N3)C1. The highest BCUT2D eigenvalue weighted by atomic mass is 32.2. The zero-order chi connectivity index (χ0) is 24.3. The molecule has 1 atom stereocenters. The largest absolute Gasteiger partial charge is 0.481 e. The summed E-state index contributed by atoms with van der Waals surface area (Å²) in [6.07, 6.45) is 1.34. The summed E-state index contributed by atoms with van der Waals surface area (Å²) in [6.45, 7) is 6.85. The topological polar surface area (TPSA) is 62.0 Å². The smallest absolute Gasteiger partial charge is 0.394 e. The minimum absolute atomic E-state index is 0.0493. The number of aliphatic carboxylic acids is 1. The molecular weight excluding hydrogens is 449 g/mol. The van der Waals surface area contributed by atoms with Gasteiger partial charge in [-0.2, -0.15) is 13.2 Å². The standard InChI is InChI=1S/C25H27F3N2O2S/c1-5-17(7-6-15(3)25(26,27)28)22-11-19(16(4)29-22)13-33-21-8-14(2)24-18(10-21)9-20(30-24)12-23(31)32/h5-8,10,15H,9,11-13H2,1-4H3,(H,31,32)/b7-6-,17-5+. The van der Waals surface area contributed by atoms with Crippen molar-refractivity contribution in [3.05, 3.63) is 58.3 Å². The van der Waals surface area contributed by atoms with E-state index in [0.717, 1.165) is 51.4 Å². The average molecular weight is 477 g/mol. The normalized spacial score (nSPS) is 17.5. The molecule has 0 radical (unpaired) electrons. The molecule has 1 aromatic carbocycles. The zero-order valence-electron chi connectivity index (χ0n) is 19.1. The molecule has 0 aliphatic carbocycles. The van der Waals surface area contributed by atoms with Gasteiger partial charge >= 0.3 is 12.1 Å². The number of nitrogens with zero attached hydrogens (tertiary/aromatic N) is 2. The number of allylic oxidation sites excluding steroid dienone is 5. The van der Waals surface area contributed by atoms with Crippen LogP contribution in [-0.4, -0.2) is 34.4 Å². The number of alkyl halides is 3. The molecule has 1 N–H and O–H groups in total. The van der Waals surface area contributed by atoms with Crippen LogP contribution in [0.2, 0.25) is 0 Å². The summed E-state index contributed by atoms with van der Waals surface area (Å²) in [7, 11) is 0. The van der Waals surface area contributed by atoms with Gasteiger partial charge in [-0.15, -0.1) is 11.8 Å². The van der Waals surface area contributed by atoms with Crippen LogP contribution in [0.25, 0.3) is 0 Å². The number of halogens is 3. The maximum atomic E-state index is 12.8. The molecule has 0 bridgehead atoms. The molecule has 2 aliphatic heterocycles. The van der Waals surface area contributed by atoms with Crippen molar-refractivity contribution in [1.82, 2.24) is 0 Å². The highest BCUT2D eigenvalue weighted by Gasteiger charge is 2.34. The third-order valence-electron chi connectivity index (χ3n) is 5.71. The lowest BCUT2D eigenvalue weighted by Crippen LogP contribution is -2.17. The third kappa shape index (κ3) is 6.25. The minimum atomic E-state index is -4.25. The van der Waals surface area contributed by atoms with Crippen molar-refractivity contribution in [3.63, 3.8) is 0 Å². The summed E-state index contributed by atoms with van der Waals surface area (Å²) < 4.78 is 38.4. The summed E-state index contributed by atoms with van der Waals surface area (Å²) in [5.74, 6) is -1.67. The van der Waals surface area contributed by atoms with Gasteiger partial charge in [0, 0.05) is 34.9 Å². The monoisotopic (exact) mass is 476 g/mol. The molecule has 1 unspecified atom stereocenters. The van der Waals surface area contributed by atoms with Crippen LogP contribution in [0, 0.1) is 12.8 Å². The number of aliphatic imine (C=N–C) groups is 2. The number of hydrogen-bond acceptors (Lipinski definition) is 4. The summed E-state index contributed by atoms with van der Waals surface area (Å²) in [6, 6.07) is 4.12. The van der Waals surface area contributed by atoms with E-state index in [1.54, 1.807) is 24.8 Å². The molecule has 0 fully saturated rings. The average Bonchev–Trinajstić information content (AvgIpc) is 3.28. The van der Waals surface area contributed by atoms with E-state index in [0.29, 0.717) is 24.1 Å². The van der Waals surface area contributed by atoms with E-state index in [9.17, 15) is 18.0 Å². The van der Waals surface area contributed by atoms with Crippen LogP contribution >= 0.6 is 11.8 Å². The van der Waals surface area contributed by atoms with Gasteiger partial charge < -0.3 is 5.11 Å². The van der Waals surface area contributed by atoms with Crippen LogP contribution in [0.15, 0.2) is 62.1 Å². The van der Waals surface area contributed by atoms with Crippen LogP contribution in [-0.2, 0) is 11.2 Å². The summed E-state index contributed by atoms with van der Waals surface area (Å²) in [5, 5.41) is 9.02. The number of carbonyl (C=O) groups is 1. The van der Waals surface area contributed by atoms with Gasteiger partial charge in [0.15, 0.2) is 0 Å². The number of hydrogen-bond donors (Lipinski definition) is 1. The maximum absolute atomic E-state index is 12.8. The van der Waals surface area contributed by atoms with Gasteiger partial charge in [0.1, 0.15) is 0 Å². The molecule has 0 saturated carbocycles. The highest BCUT2D eigenvalue weighted by Crippen LogP contribution is 2.37. The van der Waals surface area contributed by atoms with Crippen LogP contribution in [0.1, 0.15) is 44.7 Å². The minimum Gasteiger partial charge on any atom is -0.481 e. The van der Waals surface area contributed by atoms with Crippen LogP contribution in [0.4, 0.5) is 18.9 Å². The third-order valence-corrected chi connectivity index (χ3v) is 6.77. The Hall–Kier alpha value is -2.61. The molecule has 4 nitrogen and oxygen atoms in total. The molecule has 33 heavy (non-hydrogen) atoms. The van der Waals surface area contributed by atoms with E-state index in [2.05, 4.69) is 22.1 Å². The van der Waals surface area contributed by atoms with Gasteiger partial charge in [-0.05, 0) is 55.2 Å². The summed E-state index contributed by atoms with van der Waals surface area (Å²) in [5.41, 5.74) is 7.14. The molecule has 8 heteroatoms. The second-order valence-electron chi connectivity index (χ2n) is 8.32. The van der Waals surface area contributed by atoms with Crippen molar-refractivity contribution in [2.45, 2.75) is 58.0 Å². The number of thioether (sulfide) groups is 1. The Labute approximate surface area is 196 Å². The second-order valence-corrected chi connectivity index (χ2v) is 9.37. The van der Waals surface area contributed by atoms with E-state index in [1.165, 1.54) is 12.2 Å². The van der Waals surface area contributed by atoms with Gasteiger partial charge in [0.05, 0.1) is 23.7 Å². The molecule has 3 rings (SSSR count). The molecule has 0 amide bonds. The van der Waals surface area contributed by atoms with Crippen molar-refractivity contribution in [2.75, 3.05) is 5.75 Å². The van der Waals surface area contributed by atoms with Crippen molar-refractivity contribution in [3.8, 4) is 0 Å². The Morgan fingerprint density at radius 1 is 1.24 bits per heavy atom. The first-order valence-electron chi connectivity index (χ1n) is 10.7. The van der Waals surface area contributed by atoms with Gasteiger partial charge in [-0.25, -0.2) is 0 Å². The van der Waals surface area contributed by atoms with Crippen molar-refractivity contribution in [1.29, 1.82) is 0 Å². The first kappa shape index (κ1) is 25.0. The second kappa shape index (κ2) is 10.1. The van der Waals surface area contributed by atoms with Gasteiger partial charge in [0.25, 0.3) is 0 Å². The van der Waals surface area contributed by atoms with Gasteiger partial charge in [-0.1, -0.05) is 25.2 Å². The Bertz CT molecular complexity index is 1110. The fourth-order valence-electron chi connectivity index (χ4n) is 3.75. The van der Waals surface area contributed by atoms with Crippen LogP contribution < -0.4 is 0 Å². The van der Waals surface area contributed by atoms with Gasteiger partial charge in [0.2, 0.25) is 0 Å². The van der Waals surface area contributed by atoms with E-state index in [4.69, 9.17) is 5.11 Å². The number of carboxylic acid groups (broad SMARTS) is 1. The van der Waals surface area contributed by atoms with Crippen molar-refractivity contribution in [2.24, 2.45) is 15.9 Å². The molecule has 0 aromatic heterocycles. The van der Waals surface area contributed by atoms with Crippen LogP contribution in [0.3, 0.4) is 0 Å². The molecule has 1 aromatic rings. The van der Waals surface area contributed by atoms with Crippen molar-refractivity contribution < 1.29 is 23.1 Å². The lowest BCUT2D eigenvalue weighted by atomic mass is 10.0. The quantitative estimate of drug-likeness (QED) is 0.324. The fraction of sp³-hybridized carbons (Fsp3) is 0.400. The first-order valence-corrected chi connectivity index (χ1v) is 11.7. The Morgan fingerprint density at radius 2 is 1.97 bits per heavy atom. The highest BCUT2D eigenvalue weighted by molar-refractivity contribution is 7.99. The summed E-state index contributed by atoms with van der Waals surface area (Å²) >= 11 is 1.68. The molecule has 2 heterocycles. The van der Waals surface area contributed by atoms with E-state index in [1.807, 2.05) is 13.8 Å². The van der Waals surface area contributed by atoms with Gasteiger partial charge in [-0.3, -0.25) is 14.8 Å². The maximum Gasteiger partial charge on any atom is 0.394 e. The summed E-state index contributed by atoms with van der Waals surface area (Å²) in [4.78, 5) is 21.2. The molecular formula is C25H27F3N2O2S. The predicted octanol–water partition coefficient (Wildman–Crippen LogP) is 7.01. The molecule has 176 valence electrons. The Balaban J connectivity index is 1.62. The van der Waals surface area contributed by atoms with Crippen LogP contribution in [0.5, 0.6) is 0 Å². The molecule has 2 aliphatic rings.